The molecule has 0 N–H and O–H groups in total. The second-order valence-corrected chi connectivity index (χ2v) is 17.5. The number of rotatable bonds is 5. The summed E-state index contributed by atoms with van der Waals surface area (Å²) >= 11 is 0. The molecule has 1 unspecified atom stereocenters. The zero-order chi connectivity index (χ0) is 33.7. The van der Waals surface area contributed by atoms with Crippen molar-refractivity contribution in [3.05, 3.63) is 117 Å². The normalized spacial score (nSPS) is 19.6. The Morgan fingerprint density at radius 1 is 0.585 bits per heavy atom. The predicted octanol–water partition coefficient (Wildman–Crippen LogP) is 12.1. The first-order valence-corrected chi connectivity index (χ1v) is 19.5. The summed E-state index contributed by atoms with van der Waals surface area (Å²) in [4.78, 5) is 12.9. The number of ether oxygens (including phenoxy) is 1. The summed E-state index contributed by atoms with van der Waals surface area (Å²) < 4.78 is 5.28. The van der Waals surface area contributed by atoms with Crippen LogP contribution in [0, 0.1) is 0 Å². The summed E-state index contributed by atoms with van der Waals surface area (Å²) in [5.41, 5.74) is 16.1. The van der Waals surface area contributed by atoms with Crippen LogP contribution in [0.25, 0.3) is 119 Å². The fourth-order valence-electron chi connectivity index (χ4n) is 14.5. The van der Waals surface area contributed by atoms with Crippen LogP contribution >= 0.6 is 0 Å². The van der Waals surface area contributed by atoms with Gasteiger partial charge in [0.2, 0.25) is 0 Å². The molecular weight excluding hydrogens is 645 g/mol. The molecule has 0 saturated heterocycles. The number of methoxy groups -OCH3 is 1. The van der Waals surface area contributed by atoms with Gasteiger partial charge >= 0.3 is 5.97 Å². The minimum atomic E-state index is -0.402. The largest absolute Gasteiger partial charge is 0.469 e. The van der Waals surface area contributed by atoms with E-state index in [1.165, 1.54) is 127 Å². The lowest BCUT2D eigenvalue weighted by molar-refractivity contribution is -0.140. The van der Waals surface area contributed by atoms with E-state index in [1.807, 2.05) is 0 Å². The van der Waals surface area contributed by atoms with Gasteiger partial charge in [-0.2, -0.15) is 0 Å². The van der Waals surface area contributed by atoms with Crippen molar-refractivity contribution in [1.29, 1.82) is 0 Å². The van der Waals surface area contributed by atoms with Crippen LogP contribution < -0.4 is 0 Å². The van der Waals surface area contributed by atoms with E-state index < -0.39 is 5.41 Å². The molecule has 0 aliphatic heterocycles. The zero-order valence-electron chi connectivity index (χ0n) is 28.9. The summed E-state index contributed by atoms with van der Waals surface area (Å²) in [5.74, 6) is -0.115. The minimum absolute atomic E-state index is 0.115. The molecule has 2 nitrogen and oxygen atoms in total. The van der Waals surface area contributed by atoms with Crippen molar-refractivity contribution in [2.45, 2.75) is 43.9 Å². The van der Waals surface area contributed by atoms with Gasteiger partial charge in [-0.05, 0) is 213 Å². The van der Waals surface area contributed by atoms with Crippen molar-refractivity contribution in [1.82, 2.24) is 0 Å². The van der Waals surface area contributed by atoms with E-state index >= 15 is 0 Å². The lowest BCUT2D eigenvalue weighted by Gasteiger charge is -2.38. The number of carbonyl (C=O) groups excluding carboxylic acids is 1. The fraction of sp³-hybridized carbons (Fsp3) is 0.157. The Bertz CT molecular complexity index is 3870. The van der Waals surface area contributed by atoms with Crippen molar-refractivity contribution in [2.75, 3.05) is 7.11 Å². The van der Waals surface area contributed by atoms with Gasteiger partial charge in [0.05, 0.1) is 7.11 Å². The van der Waals surface area contributed by atoms with Crippen LogP contribution in [0.5, 0.6) is 0 Å². The van der Waals surface area contributed by atoms with Crippen LogP contribution in [0.15, 0.2) is 72.3 Å². The second kappa shape index (κ2) is 7.17. The first kappa shape index (κ1) is 25.1. The minimum Gasteiger partial charge on any atom is -0.469 e. The molecule has 0 aromatic heterocycles. The highest BCUT2D eigenvalue weighted by Crippen LogP contribution is 2.71. The van der Waals surface area contributed by atoms with Gasteiger partial charge in [0.25, 0.3) is 0 Å². The SMILES string of the molecule is COC(=O)CCCC1(c2ccccc2)C2=C3C=C4Cc5cc6cc7cc8cc9c%10c8c8c7c7c6c5c5c4c1c1c4c6c2c(cc(c6c%10c4c8c7c51)C9)C3. The molecule has 0 heterocycles. The Balaban J connectivity index is 1.27. The molecule has 12 aromatic carbocycles. The van der Waals surface area contributed by atoms with E-state index in [9.17, 15) is 4.79 Å². The third-order valence-electron chi connectivity index (χ3n) is 15.7. The van der Waals surface area contributed by atoms with Crippen LogP contribution in [0.1, 0.15) is 63.8 Å². The van der Waals surface area contributed by atoms with Crippen LogP contribution in [-0.4, -0.2) is 13.1 Å². The quantitative estimate of drug-likeness (QED) is 0.135. The molecule has 0 fully saturated rings. The van der Waals surface area contributed by atoms with Crippen LogP contribution in [-0.2, 0) is 34.2 Å². The van der Waals surface area contributed by atoms with Gasteiger partial charge in [-0.25, -0.2) is 0 Å². The van der Waals surface area contributed by atoms with Gasteiger partial charge in [0.15, 0.2) is 0 Å². The molecule has 12 aromatic rings. The van der Waals surface area contributed by atoms with Gasteiger partial charge in [0.1, 0.15) is 0 Å². The number of carbonyl (C=O) groups is 1. The Morgan fingerprint density at radius 3 is 1.92 bits per heavy atom. The van der Waals surface area contributed by atoms with E-state index in [0.717, 1.165) is 32.1 Å². The maximum atomic E-state index is 12.9. The maximum absolute atomic E-state index is 12.9. The molecule has 5 aliphatic carbocycles. The average molecular weight is 671 g/mol. The molecule has 2 heteroatoms. The third-order valence-corrected chi connectivity index (χ3v) is 15.7. The van der Waals surface area contributed by atoms with Crippen molar-refractivity contribution in [3.63, 3.8) is 0 Å². The second-order valence-electron chi connectivity index (χ2n) is 17.5. The van der Waals surface area contributed by atoms with Crippen LogP contribution in [0.2, 0.25) is 0 Å². The van der Waals surface area contributed by atoms with Gasteiger partial charge in [0, 0.05) is 11.8 Å². The number of hydrogen-bond acceptors (Lipinski definition) is 2. The van der Waals surface area contributed by atoms with E-state index in [1.54, 1.807) is 48.7 Å². The molecule has 53 heavy (non-hydrogen) atoms. The highest BCUT2D eigenvalue weighted by atomic mass is 16.5. The predicted molar refractivity (Wildman–Crippen MR) is 218 cm³/mol. The van der Waals surface area contributed by atoms with E-state index in [-0.39, 0.29) is 5.97 Å². The van der Waals surface area contributed by atoms with Crippen LogP contribution in [0.4, 0.5) is 0 Å². The lowest BCUT2D eigenvalue weighted by atomic mass is 9.63. The maximum Gasteiger partial charge on any atom is 0.305 e. The van der Waals surface area contributed by atoms with Crippen molar-refractivity contribution >= 4 is 125 Å². The third kappa shape index (κ3) is 2.12. The monoisotopic (exact) mass is 670 g/mol. The molecule has 5 aliphatic rings. The Labute approximate surface area is 301 Å². The molecule has 0 radical (unpaired) electrons. The Morgan fingerprint density at radius 2 is 1.17 bits per heavy atom. The molecule has 0 amide bonds. The first-order chi connectivity index (χ1) is 26.2. The lowest BCUT2D eigenvalue weighted by Crippen LogP contribution is -2.30. The number of hydrogen-bond donors (Lipinski definition) is 0. The Hall–Kier alpha value is -5.99. The van der Waals surface area contributed by atoms with E-state index in [2.05, 4.69) is 66.7 Å². The summed E-state index contributed by atoms with van der Waals surface area (Å²) in [7, 11) is 1.53. The van der Waals surface area contributed by atoms with Gasteiger partial charge in [-0.15, -0.1) is 0 Å². The Kier molecular flexibility index (Phi) is 3.39. The molecule has 17 rings (SSSR count). The highest BCUT2D eigenvalue weighted by molar-refractivity contribution is 6.63. The number of benzene rings is 7. The molecule has 0 spiro atoms. The number of allylic oxidation sites excluding steroid dienone is 4. The topological polar surface area (TPSA) is 26.3 Å². The first-order valence-electron chi connectivity index (χ1n) is 19.5. The van der Waals surface area contributed by atoms with E-state index in [0.29, 0.717) is 6.42 Å². The molecule has 0 saturated carbocycles. The van der Waals surface area contributed by atoms with Crippen molar-refractivity contribution in [3.8, 4) is 0 Å². The molecule has 242 valence electrons. The highest BCUT2D eigenvalue weighted by Gasteiger charge is 2.52. The smallest absolute Gasteiger partial charge is 0.305 e. The standard InChI is InChI=1S/C51H26O2/c1-53-29(52)8-5-9-51(28-6-3-2-4-7-28)49-27-17-25-16-24-14-20-10-19-12-23-13-21-11-22-15-26(18-27)37-41-33(22)32(21)39-34(23)38-30(19)31(20)40-35(24)42(36(25)49)47-45(40)43(38)44(39)46(41)48(47)50(37)51/h2-4,6-7,10-13,16,18H,5,8-9,14-15,17H2,1H3. The zero-order valence-corrected chi connectivity index (χ0v) is 28.9. The molecule has 2 bridgehead atoms. The molecular formula is C51H26O2. The summed E-state index contributed by atoms with van der Waals surface area (Å²) in [6.07, 6.45) is 7.67. The summed E-state index contributed by atoms with van der Waals surface area (Å²) in [5, 5.41) is 30.3. The van der Waals surface area contributed by atoms with Crippen molar-refractivity contribution in [2.24, 2.45) is 0 Å². The van der Waals surface area contributed by atoms with Crippen LogP contribution in [0.3, 0.4) is 0 Å². The van der Waals surface area contributed by atoms with Crippen molar-refractivity contribution < 1.29 is 9.53 Å². The fourth-order valence-corrected chi connectivity index (χ4v) is 14.5. The van der Waals surface area contributed by atoms with Gasteiger partial charge in [-0.3, -0.25) is 4.79 Å². The average Bonchev–Trinajstić information content (AvgIpc) is 3.99. The van der Waals surface area contributed by atoms with Gasteiger partial charge < -0.3 is 4.74 Å². The molecule has 1 atom stereocenters. The number of esters is 1. The van der Waals surface area contributed by atoms with E-state index in [4.69, 9.17) is 4.74 Å². The summed E-state index contributed by atoms with van der Waals surface area (Å²) in [6.45, 7) is 0. The van der Waals surface area contributed by atoms with Gasteiger partial charge in [-0.1, -0.05) is 54.6 Å². The summed E-state index contributed by atoms with van der Waals surface area (Å²) in [6, 6.07) is 24.3.